The van der Waals surface area contributed by atoms with Crippen LogP contribution in [0.3, 0.4) is 0 Å². The van der Waals surface area contributed by atoms with E-state index in [9.17, 15) is 9.59 Å². The number of carbonyl (C=O) groups is 2. The van der Waals surface area contributed by atoms with Gasteiger partial charge in [0, 0.05) is 23.3 Å². The number of carbonyl (C=O) groups excluding carboxylic acids is 2. The number of nitrogens with zero attached hydrogens (tertiary/aromatic N) is 2. The van der Waals surface area contributed by atoms with Crippen LogP contribution in [0.25, 0.3) is 22.5 Å². The van der Waals surface area contributed by atoms with Gasteiger partial charge in [-0.15, -0.1) is 0 Å². The minimum atomic E-state index is -0.352. The number of hydrogen-bond acceptors (Lipinski definition) is 10. The van der Waals surface area contributed by atoms with Crippen LogP contribution < -0.4 is 9.47 Å². The fraction of sp³-hybridized carbons (Fsp3) is 0.462. The second kappa shape index (κ2) is 28.3. The third-order valence-corrected chi connectivity index (χ3v) is 11.0. The predicted molar refractivity (Wildman–Crippen MR) is 244 cm³/mol. The van der Waals surface area contributed by atoms with Gasteiger partial charge in [-0.3, -0.25) is 9.97 Å². The fourth-order valence-corrected chi connectivity index (χ4v) is 7.33. The van der Waals surface area contributed by atoms with E-state index >= 15 is 0 Å². The summed E-state index contributed by atoms with van der Waals surface area (Å²) in [7, 11) is 0. The normalized spacial score (nSPS) is 14.8. The molecule has 1 aliphatic rings. The molecule has 332 valence electrons. The minimum absolute atomic E-state index is 0.0643. The van der Waals surface area contributed by atoms with E-state index in [1.54, 1.807) is 12.4 Å². The third kappa shape index (κ3) is 18.0. The Bertz CT molecular complexity index is 1740. The maximum absolute atomic E-state index is 11.1. The van der Waals surface area contributed by atoms with Crippen molar-refractivity contribution in [3.05, 3.63) is 122 Å². The number of ether oxygens (including phenoxy) is 6. The Morgan fingerprint density at radius 3 is 1.23 bits per heavy atom. The van der Waals surface area contributed by atoms with Crippen LogP contribution in [0.15, 0.2) is 111 Å². The zero-order valence-electron chi connectivity index (χ0n) is 36.5. The van der Waals surface area contributed by atoms with Crippen molar-refractivity contribution in [2.75, 3.05) is 26.4 Å². The molecule has 1 saturated carbocycles. The number of esters is 2. The van der Waals surface area contributed by atoms with E-state index in [4.69, 9.17) is 28.4 Å². The van der Waals surface area contributed by atoms with Crippen molar-refractivity contribution in [2.24, 2.45) is 0 Å². The second-order valence-electron chi connectivity index (χ2n) is 15.8. The molecule has 0 aliphatic heterocycles. The molecule has 0 N–H and O–H groups in total. The largest absolute Gasteiger partial charge is 0.492 e. The standard InChI is InChI=1S/C52H66N2O8/c1-3-51(55)59-35-17-11-7-5-9-15-33-57-45-29-31-47(53-37-45)43-25-21-41(22-26-43)39-61-49-19-13-14-20-50(49)62-40-42-23-27-44(28-24-42)48-32-30-46(38-54-48)58-34-16-10-6-8-12-18-36-60-52(56)4-2/h3-4,21-32,37-38,49-50H,1-2,5-20,33-36,39-40H2/t49-,50-/m1/s1. The van der Waals surface area contributed by atoms with Crippen molar-refractivity contribution in [1.29, 1.82) is 0 Å². The van der Waals surface area contributed by atoms with E-state index in [1.165, 1.54) is 12.2 Å². The maximum atomic E-state index is 11.1. The summed E-state index contributed by atoms with van der Waals surface area (Å²) >= 11 is 0. The number of unbranched alkanes of at least 4 members (excludes halogenated alkanes) is 10. The lowest BCUT2D eigenvalue weighted by Crippen LogP contribution is -2.34. The van der Waals surface area contributed by atoms with Crippen LogP contribution in [0.5, 0.6) is 11.5 Å². The quantitative estimate of drug-likeness (QED) is 0.0285. The fourth-order valence-electron chi connectivity index (χ4n) is 7.33. The minimum Gasteiger partial charge on any atom is -0.492 e. The van der Waals surface area contributed by atoms with Crippen molar-refractivity contribution in [1.82, 2.24) is 9.97 Å². The molecule has 2 aromatic heterocycles. The van der Waals surface area contributed by atoms with Crippen LogP contribution in [-0.4, -0.2) is 60.5 Å². The van der Waals surface area contributed by atoms with Crippen molar-refractivity contribution < 1.29 is 38.0 Å². The lowest BCUT2D eigenvalue weighted by molar-refractivity contribution is -0.138. The van der Waals surface area contributed by atoms with Gasteiger partial charge in [-0.05, 0) is 73.9 Å². The molecule has 0 bridgehead atoms. The smallest absolute Gasteiger partial charge is 0.330 e. The first-order valence-corrected chi connectivity index (χ1v) is 22.7. The summed E-state index contributed by atoms with van der Waals surface area (Å²) in [6, 6.07) is 24.9. The topological polar surface area (TPSA) is 115 Å². The van der Waals surface area contributed by atoms with Gasteiger partial charge in [-0.2, -0.15) is 0 Å². The second-order valence-corrected chi connectivity index (χ2v) is 15.8. The first-order chi connectivity index (χ1) is 30.5. The Balaban J connectivity index is 0.943. The summed E-state index contributed by atoms with van der Waals surface area (Å²) in [6.45, 7) is 10.2. The first kappa shape index (κ1) is 47.7. The van der Waals surface area contributed by atoms with Gasteiger partial charge < -0.3 is 28.4 Å². The average molecular weight is 847 g/mol. The Morgan fingerprint density at radius 1 is 0.500 bits per heavy atom. The summed E-state index contributed by atoms with van der Waals surface area (Å²) in [5.41, 5.74) is 6.18. The summed E-state index contributed by atoms with van der Waals surface area (Å²) < 4.78 is 34.8. The lowest BCUT2D eigenvalue weighted by Gasteiger charge is -2.31. The molecular weight excluding hydrogens is 781 g/mol. The van der Waals surface area contributed by atoms with Gasteiger partial charge in [-0.25, -0.2) is 9.59 Å². The highest BCUT2D eigenvalue weighted by Gasteiger charge is 2.26. The number of rotatable bonds is 30. The number of benzene rings is 2. The predicted octanol–water partition coefficient (Wildman–Crippen LogP) is 11.8. The molecule has 0 saturated heterocycles. The van der Waals surface area contributed by atoms with E-state index in [-0.39, 0.29) is 24.1 Å². The van der Waals surface area contributed by atoms with E-state index in [0.717, 1.165) is 148 Å². The molecule has 10 heteroatoms. The summed E-state index contributed by atoms with van der Waals surface area (Å²) in [5.74, 6) is 0.859. The molecule has 0 spiro atoms. The molecule has 2 aromatic carbocycles. The van der Waals surface area contributed by atoms with E-state index < -0.39 is 0 Å². The van der Waals surface area contributed by atoms with E-state index in [2.05, 4.69) is 71.7 Å². The molecule has 5 rings (SSSR count). The van der Waals surface area contributed by atoms with Gasteiger partial charge in [0.25, 0.3) is 0 Å². The molecule has 1 aliphatic carbocycles. The third-order valence-electron chi connectivity index (χ3n) is 11.0. The molecule has 2 atom stereocenters. The zero-order valence-corrected chi connectivity index (χ0v) is 36.5. The molecule has 62 heavy (non-hydrogen) atoms. The van der Waals surface area contributed by atoms with Crippen LogP contribution in [0.2, 0.25) is 0 Å². The monoisotopic (exact) mass is 846 g/mol. The van der Waals surface area contributed by atoms with Crippen molar-refractivity contribution >= 4 is 11.9 Å². The van der Waals surface area contributed by atoms with E-state index in [1.807, 2.05) is 24.3 Å². The highest BCUT2D eigenvalue weighted by molar-refractivity contribution is 5.81. The summed E-state index contributed by atoms with van der Waals surface area (Å²) in [5, 5.41) is 0. The summed E-state index contributed by atoms with van der Waals surface area (Å²) in [6.07, 6.45) is 23.0. The molecule has 0 amide bonds. The van der Waals surface area contributed by atoms with Gasteiger partial charge in [0.05, 0.1) is 75.6 Å². The van der Waals surface area contributed by atoms with Gasteiger partial charge in [0.1, 0.15) is 11.5 Å². The number of aromatic nitrogens is 2. The van der Waals surface area contributed by atoms with Crippen LogP contribution in [0.1, 0.15) is 114 Å². The Morgan fingerprint density at radius 2 is 0.871 bits per heavy atom. The number of hydrogen-bond donors (Lipinski definition) is 0. The van der Waals surface area contributed by atoms with Crippen molar-refractivity contribution in [3.63, 3.8) is 0 Å². The van der Waals surface area contributed by atoms with Crippen LogP contribution in [0, 0.1) is 0 Å². The van der Waals surface area contributed by atoms with Crippen LogP contribution >= 0.6 is 0 Å². The summed E-state index contributed by atoms with van der Waals surface area (Å²) in [4.78, 5) is 31.4. The Hall–Kier alpha value is -5.32. The van der Waals surface area contributed by atoms with Crippen LogP contribution in [0.4, 0.5) is 0 Å². The first-order valence-electron chi connectivity index (χ1n) is 22.7. The molecule has 0 radical (unpaired) electrons. The molecular formula is C52H66N2O8. The number of pyridine rings is 2. The van der Waals surface area contributed by atoms with Gasteiger partial charge in [0.15, 0.2) is 0 Å². The van der Waals surface area contributed by atoms with Crippen LogP contribution in [-0.2, 0) is 41.8 Å². The molecule has 10 nitrogen and oxygen atoms in total. The molecule has 0 unspecified atom stereocenters. The highest BCUT2D eigenvalue weighted by atomic mass is 16.5. The van der Waals surface area contributed by atoms with Gasteiger partial charge in [-0.1, -0.05) is 126 Å². The Labute approximate surface area is 369 Å². The van der Waals surface area contributed by atoms with Crippen molar-refractivity contribution in [2.45, 2.75) is 128 Å². The van der Waals surface area contributed by atoms with Gasteiger partial charge in [0.2, 0.25) is 0 Å². The Kier molecular flexibility index (Phi) is 21.8. The average Bonchev–Trinajstić information content (AvgIpc) is 3.32. The molecule has 2 heterocycles. The maximum Gasteiger partial charge on any atom is 0.330 e. The highest BCUT2D eigenvalue weighted by Crippen LogP contribution is 2.28. The van der Waals surface area contributed by atoms with Crippen molar-refractivity contribution in [3.8, 4) is 34.0 Å². The SMILES string of the molecule is C=CC(=O)OCCCCCCCCOc1ccc(-c2ccc(CO[C@@H]3CCCC[C@H]3OCc3ccc(-c4ccc(OCCCCCCCCOC(=O)C=C)cn4)cc3)cc2)nc1. The lowest BCUT2D eigenvalue weighted by atomic mass is 9.94. The molecule has 1 fully saturated rings. The zero-order chi connectivity index (χ0) is 43.5. The van der Waals surface area contributed by atoms with E-state index in [0.29, 0.717) is 39.6 Å². The van der Waals surface area contributed by atoms with Gasteiger partial charge >= 0.3 is 11.9 Å². The molecule has 4 aromatic rings.